The first-order valence-electron chi connectivity index (χ1n) is 8.05. The normalized spacial score (nSPS) is 11.3. The summed E-state index contributed by atoms with van der Waals surface area (Å²) in [5, 5.41) is 3.93. The largest absolute Gasteiger partial charge is 0.461 e. The van der Waals surface area contributed by atoms with Gasteiger partial charge in [-0.05, 0) is 41.5 Å². The fraction of sp³-hybridized carbons (Fsp3) is 0.105. The lowest BCUT2D eigenvalue weighted by atomic mass is 10.0. The quantitative estimate of drug-likeness (QED) is 0.515. The summed E-state index contributed by atoms with van der Waals surface area (Å²) in [6.45, 7) is 0. The number of nitrogens with one attached hydrogen (secondary N) is 1. The number of alkyl halides is 4. The summed E-state index contributed by atoms with van der Waals surface area (Å²) in [6.07, 6.45) is -5.38. The van der Waals surface area contributed by atoms with Crippen molar-refractivity contribution in [2.24, 2.45) is 0 Å². The van der Waals surface area contributed by atoms with Crippen LogP contribution in [0.15, 0.2) is 73.1 Å². The molecule has 2 aromatic carbocycles. The molecule has 0 saturated heterocycles. The molecule has 0 atom stereocenters. The molecule has 0 spiro atoms. The Morgan fingerprint density at radius 1 is 1.00 bits per heavy atom. The van der Waals surface area contributed by atoms with Crippen molar-refractivity contribution in [3.8, 4) is 16.9 Å². The van der Waals surface area contributed by atoms with Crippen molar-refractivity contribution in [1.82, 2.24) is 5.10 Å². The van der Waals surface area contributed by atoms with Crippen molar-refractivity contribution in [2.75, 3.05) is 5.43 Å². The topological polar surface area (TPSA) is 55.1 Å². The Morgan fingerprint density at radius 3 is 2.14 bits per heavy atom. The molecule has 0 bridgehead atoms. The Hall–Kier alpha value is -3.49. The molecule has 9 heteroatoms. The summed E-state index contributed by atoms with van der Waals surface area (Å²) in [5.74, 6) is -0.745. The van der Waals surface area contributed by atoms with Crippen LogP contribution in [0.3, 0.4) is 0 Å². The number of halogens is 4. The predicted molar refractivity (Wildman–Crippen MR) is 91.6 cm³/mol. The van der Waals surface area contributed by atoms with Gasteiger partial charge in [-0.2, -0.15) is 17.6 Å². The predicted octanol–water partition coefficient (Wildman–Crippen LogP) is 3.66. The number of carbonyl (C=O) groups is 1. The van der Waals surface area contributed by atoms with Crippen LogP contribution >= 0.6 is 0 Å². The fourth-order valence-electron chi connectivity index (χ4n) is 2.30. The van der Waals surface area contributed by atoms with Crippen LogP contribution in [0, 0.1) is 0 Å². The molecule has 0 saturated carbocycles. The number of amides is 1. The van der Waals surface area contributed by atoms with Gasteiger partial charge in [0, 0.05) is 21.5 Å². The molecule has 1 amide bonds. The highest BCUT2D eigenvalue weighted by Gasteiger charge is 2.43. The third-order valence-corrected chi connectivity index (χ3v) is 3.67. The molecule has 3 aromatic rings. The van der Waals surface area contributed by atoms with Crippen LogP contribution in [-0.2, 0) is 0 Å². The van der Waals surface area contributed by atoms with E-state index in [1.165, 1.54) is 35.3 Å². The molecule has 0 aliphatic heterocycles. The summed E-state index contributed by atoms with van der Waals surface area (Å²) in [4.78, 5) is 13.4. The molecule has 28 heavy (non-hydrogen) atoms. The molecular weight excluding hydrogens is 378 g/mol. The second-order valence-electron chi connectivity index (χ2n) is 5.65. The van der Waals surface area contributed by atoms with Gasteiger partial charge in [0.05, 0.1) is 6.20 Å². The van der Waals surface area contributed by atoms with E-state index in [2.05, 4.69) is 15.3 Å². The smallest absolute Gasteiger partial charge is 0.428 e. The van der Waals surface area contributed by atoms with Crippen molar-refractivity contribution in [3.63, 3.8) is 0 Å². The van der Waals surface area contributed by atoms with E-state index in [1.54, 1.807) is 42.6 Å². The van der Waals surface area contributed by atoms with Gasteiger partial charge >= 0.3 is 18.4 Å². The van der Waals surface area contributed by atoms with Gasteiger partial charge in [0.1, 0.15) is 5.75 Å². The molecule has 0 unspecified atom stereocenters. The average Bonchev–Trinajstić information content (AvgIpc) is 2.69. The van der Waals surface area contributed by atoms with E-state index >= 15 is 0 Å². The van der Waals surface area contributed by atoms with Crippen molar-refractivity contribution in [3.05, 3.63) is 78.6 Å². The lowest BCUT2D eigenvalue weighted by Crippen LogP contribution is -2.50. The summed E-state index contributed by atoms with van der Waals surface area (Å²) < 4.78 is 54.2. The number of ether oxygens (including phenoxy) is 1. The highest BCUT2D eigenvalue weighted by Crippen LogP contribution is 2.29. The van der Waals surface area contributed by atoms with Crippen LogP contribution in [0.1, 0.15) is 10.4 Å². The molecule has 0 fully saturated rings. The number of rotatable bonds is 6. The first-order valence-corrected chi connectivity index (χ1v) is 8.05. The highest BCUT2D eigenvalue weighted by atomic mass is 19.3. The van der Waals surface area contributed by atoms with E-state index in [4.69, 9.17) is 0 Å². The van der Waals surface area contributed by atoms with E-state index in [-0.39, 0.29) is 11.7 Å². The number of nitrogens with zero attached hydrogens (tertiary/aromatic N) is 2. The van der Waals surface area contributed by atoms with E-state index in [9.17, 15) is 22.4 Å². The first kappa shape index (κ1) is 19.3. The van der Waals surface area contributed by atoms with Crippen LogP contribution in [0.5, 0.6) is 5.75 Å². The minimum Gasteiger partial charge on any atom is -0.428 e. The number of hydrogen-bond acceptors (Lipinski definition) is 3. The Balaban J connectivity index is 1.68. The zero-order valence-corrected chi connectivity index (χ0v) is 14.2. The molecular formula is C19H14F4N3O2+. The molecule has 1 heterocycles. The van der Waals surface area contributed by atoms with Crippen LogP contribution in [0.2, 0.25) is 0 Å². The van der Waals surface area contributed by atoms with Gasteiger partial charge in [-0.25, -0.2) is 0 Å². The molecule has 0 radical (unpaired) electrons. The van der Waals surface area contributed by atoms with Gasteiger partial charge in [0.25, 0.3) is 0 Å². The van der Waals surface area contributed by atoms with E-state index in [0.717, 1.165) is 0 Å². The molecule has 1 N–H and O–H groups in total. The molecule has 0 aliphatic carbocycles. The van der Waals surface area contributed by atoms with Crippen molar-refractivity contribution >= 4 is 5.91 Å². The third-order valence-electron chi connectivity index (χ3n) is 3.67. The zero-order chi connectivity index (χ0) is 20.1. The second-order valence-corrected chi connectivity index (χ2v) is 5.65. The van der Waals surface area contributed by atoms with E-state index in [1.807, 2.05) is 0 Å². The maximum atomic E-state index is 12.9. The van der Waals surface area contributed by atoms with Gasteiger partial charge in [-0.3, -0.25) is 4.79 Å². The van der Waals surface area contributed by atoms with Gasteiger partial charge in [0.2, 0.25) is 6.20 Å². The molecule has 3 rings (SSSR count). The van der Waals surface area contributed by atoms with Crippen LogP contribution in [0.25, 0.3) is 11.1 Å². The first-order chi connectivity index (χ1) is 13.3. The van der Waals surface area contributed by atoms with Crippen molar-refractivity contribution in [1.29, 1.82) is 0 Å². The third kappa shape index (κ3) is 4.61. The number of aromatic nitrogens is 2. The maximum Gasteiger partial charge on any atom is 0.461 e. The number of hydrogen-bond donors (Lipinski definition) is 1. The highest BCUT2D eigenvalue weighted by molar-refractivity contribution is 5.99. The molecule has 1 aromatic heterocycles. The van der Waals surface area contributed by atoms with Gasteiger partial charge in [-0.15, -0.1) is 0 Å². The Morgan fingerprint density at radius 2 is 1.61 bits per heavy atom. The SMILES string of the molecule is O=C(N[n+]1ccccn1)c1ccc(-c2ccc(OC(F)(F)C(F)F)cc2)cc1. The van der Waals surface area contributed by atoms with Crippen molar-refractivity contribution < 1.29 is 31.9 Å². The Bertz CT molecular complexity index is 934. The summed E-state index contributed by atoms with van der Waals surface area (Å²) in [6, 6.07) is 15.2. The summed E-state index contributed by atoms with van der Waals surface area (Å²) in [7, 11) is 0. The Labute approximate surface area is 157 Å². The van der Waals surface area contributed by atoms with Gasteiger partial charge in [0.15, 0.2) is 0 Å². The van der Waals surface area contributed by atoms with Gasteiger partial charge in [-0.1, -0.05) is 29.7 Å². The van der Waals surface area contributed by atoms with Crippen LogP contribution in [0.4, 0.5) is 17.6 Å². The van der Waals surface area contributed by atoms with Crippen LogP contribution < -0.4 is 15.0 Å². The summed E-state index contributed by atoms with van der Waals surface area (Å²) >= 11 is 0. The van der Waals surface area contributed by atoms with Crippen molar-refractivity contribution in [2.45, 2.75) is 12.5 Å². The van der Waals surface area contributed by atoms with E-state index in [0.29, 0.717) is 16.7 Å². The maximum absolute atomic E-state index is 12.9. The van der Waals surface area contributed by atoms with Gasteiger partial charge < -0.3 is 4.74 Å². The minimum absolute atomic E-state index is 0.367. The monoisotopic (exact) mass is 392 g/mol. The second kappa shape index (κ2) is 8.03. The standard InChI is InChI=1S/C19H13F4N3O2/c20-18(21)19(22,23)28-16-9-7-14(8-10-16)13-3-5-15(6-4-13)17(27)25-26-12-2-1-11-24-26/h1-12,18H/p+1. The number of carbonyl (C=O) groups excluding carboxylic acids is 1. The fourth-order valence-corrected chi connectivity index (χ4v) is 2.30. The number of benzene rings is 2. The molecule has 0 aliphatic rings. The minimum atomic E-state index is -4.55. The zero-order valence-electron chi connectivity index (χ0n) is 14.2. The Kier molecular flexibility index (Phi) is 5.53. The molecule has 144 valence electrons. The van der Waals surface area contributed by atoms with Crippen LogP contribution in [-0.4, -0.2) is 23.5 Å². The summed E-state index contributed by atoms with van der Waals surface area (Å²) in [5.41, 5.74) is 4.30. The van der Waals surface area contributed by atoms with E-state index < -0.39 is 12.5 Å². The lowest BCUT2D eigenvalue weighted by molar-refractivity contribution is -0.702. The average molecular weight is 392 g/mol. The molecule has 5 nitrogen and oxygen atoms in total. The lowest BCUT2D eigenvalue weighted by Gasteiger charge is -2.16.